The van der Waals surface area contributed by atoms with Crippen molar-refractivity contribution in [3.05, 3.63) is 28.3 Å². The van der Waals surface area contributed by atoms with Gasteiger partial charge in [-0.05, 0) is 25.0 Å². The lowest BCUT2D eigenvalue weighted by Crippen LogP contribution is -2.40. The SMILES string of the molecule is COc1ccc(NC2CC(OC)C2)c([N+](=O)[O-])c1. The van der Waals surface area contributed by atoms with E-state index in [0.29, 0.717) is 11.4 Å². The summed E-state index contributed by atoms with van der Waals surface area (Å²) in [7, 11) is 3.16. The van der Waals surface area contributed by atoms with Crippen molar-refractivity contribution in [3.63, 3.8) is 0 Å². The molecule has 1 aromatic rings. The summed E-state index contributed by atoms with van der Waals surface area (Å²) < 4.78 is 10.2. The van der Waals surface area contributed by atoms with Gasteiger partial charge in [0.1, 0.15) is 11.4 Å². The molecule has 0 radical (unpaired) electrons. The molecule has 0 saturated heterocycles. The van der Waals surface area contributed by atoms with Crippen molar-refractivity contribution < 1.29 is 14.4 Å². The van der Waals surface area contributed by atoms with Crippen LogP contribution in [0.2, 0.25) is 0 Å². The summed E-state index contributed by atoms with van der Waals surface area (Å²) in [5.74, 6) is 0.482. The van der Waals surface area contributed by atoms with E-state index in [-0.39, 0.29) is 17.8 Å². The second kappa shape index (κ2) is 5.22. The van der Waals surface area contributed by atoms with Crippen molar-refractivity contribution in [2.45, 2.75) is 25.0 Å². The third-order valence-corrected chi connectivity index (χ3v) is 3.19. The lowest BCUT2D eigenvalue weighted by molar-refractivity contribution is -0.384. The third kappa shape index (κ3) is 2.53. The number of benzene rings is 1. The molecule has 6 nitrogen and oxygen atoms in total. The maximum atomic E-state index is 11.0. The first-order valence-corrected chi connectivity index (χ1v) is 5.75. The van der Waals surface area contributed by atoms with Crippen molar-refractivity contribution in [3.8, 4) is 5.75 Å². The molecular weight excluding hydrogens is 236 g/mol. The second-order valence-electron chi connectivity index (χ2n) is 4.31. The molecule has 0 spiro atoms. The Morgan fingerprint density at radius 2 is 2.11 bits per heavy atom. The van der Waals surface area contributed by atoms with Crippen molar-refractivity contribution in [1.29, 1.82) is 0 Å². The average molecular weight is 252 g/mol. The monoisotopic (exact) mass is 252 g/mol. The molecule has 0 atom stereocenters. The van der Waals surface area contributed by atoms with Crippen LogP contribution in [0.5, 0.6) is 5.75 Å². The minimum absolute atomic E-state index is 0.0372. The lowest BCUT2D eigenvalue weighted by atomic mass is 9.89. The molecule has 0 aliphatic heterocycles. The molecule has 0 aromatic heterocycles. The Balaban J connectivity index is 2.10. The number of anilines is 1. The van der Waals surface area contributed by atoms with E-state index < -0.39 is 4.92 Å². The number of nitrogens with zero attached hydrogens (tertiary/aromatic N) is 1. The Bertz CT molecular complexity index is 444. The van der Waals surface area contributed by atoms with E-state index in [1.165, 1.54) is 13.2 Å². The highest BCUT2D eigenvalue weighted by molar-refractivity contribution is 5.64. The number of methoxy groups -OCH3 is 2. The van der Waals surface area contributed by atoms with Crippen LogP contribution >= 0.6 is 0 Å². The maximum absolute atomic E-state index is 11.0. The fraction of sp³-hybridized carbons (Fsp3) is 0.500. The summed E-state index contributed by atoms with van der Waals surface area (Å²) in [6, 6.07) is 5.05. The van der Waals surface area contributed by atoms with E-state index in [4.69, 9.17) is 9.47 Å². The molecule has 1 aliphatic rings. The zero-order valence-electron chi connectivity index (χ0n) is 10.4. The van der Waals surface area contributed by atoms with Crippen LogP contribution in [0.1, 0.15) is 12.8 Å². The molecule has 1 fully saturated rings. The molecule has 0 bridgehead atoms. The summed E-state index contributed by atoms with van der Waals surface area (Å²) in [5, 5.41) is 14.2. The first kappa shape index (κ1) is 12.6. The van der Waals surface area contributed by atoms with Gasteiger partial charge in [0.25, 0.3) is 5.69 Å². The first-order chi connectivity index (χ1) is 8.63. The Kier molecular flexibility index (Phi) is 3.66. The van der Waals surface area contributed by atoms with Crippen LogP contribution in [0.3, 0.4) is 0 Å². The lowest BCUT2D eigenvalue weighted by Gasteiger charge is -2.35. The molecule has 0 heterocycles. The van der Waals surface area contributed by atoms with Gasteiger partial charge in [-0.25, -0.2) is 0 Å². The zero-order chi connectivity index (χ0) is 13.1. The third-order valence-electron chi connectivity index (χ3n) is 3.19. The number of hydrogen-bond donors (Lipinski definition) is 1. The molecule has 18 heavy (non-hydrogen) atoms. The zero-order valence-corrected chi connectivity index (χ0v) is 10.4. The number of nitro benzene ring substituents is 1. The van der Waals surface area contributed by atoms with Gasteiger partial charge in [-0.2, -0.15) is 0 Å². The highest BCUT2D eigenvalue weighted by Gasteiger charge is 2.30. The van der Waals surface area contributed by atoms with Crippen LogP contribution < -0.4 is 10.1 Å². The summed E-state index contributed by atoms with van der Waals surface area (Å²) in [6.07, 6.45) is 2.01. The molecule has 0 unspecified atom stereocenters. The quantitative estimate of drug-likeness (QED) is 0.642. The van der Waals surface area contributed by atoms with Gasteiger partial charge < -0.3 is 14.8 Å². The standard InChI is InChI=1S/C12H16N2O4/c1-17-9-3-4-11(12(7-9)14(15)16)13-8-5-10(6-8)18-2/h3-4,7-8,10,13H,5-6H2,1-2H3. The normalized spacial score (nSPS) is 22.1. The highest BCUT2D eigenvalue weighted by atomic mass is 16.6. The Morgan fingerprint density at radius 3 is 2.67 bits per heavy atom. The van der Waals surface area contributed by atoms with Gasteiger partial charge in [0, 0.05) is 13.2 Å². The van der Waals surface area contributed by atoms with Crippen molar-refractivity contribution >= 4 is 11.4 Å². The number of rotatable bonds is 5. The number of nitrogens with one attached hydrogen (secondary N) is 1. The van der Waals surface area contributed by atoms with E-state index in [0.717, 1.165) is 12.8 Å². The van der Waals surface area contributed by atoms with E-state index in [1.54, 1.807) is 19.2 Å². The molecule has 1 aromatic carbocycles. The van der Waals surface area contributed by atoms with Gasteiger partial charge in [-0.1, -0.05) is 0 Å². The Hall–Kier alpha value is -1.82. The average Bonchev–Trinajstić information content (AvgIpc) is 2.33. The van der Waals surface area contributed by atoms with E-state index >= 15 is 0 Å². The maximum Gasteiger partial charge on any atom is 0.296 e. The van der Waals surface area contributed by atoms with Gasteiger partial charge >= 0.3 is 0 Å². The van der Waals surface area contributed by atoms with Crippen molar-refractivity contribution in [2.24, 2.45) is 0 Å². The van der Waals surface area contributed by atoms with Crippen LogP contribution in [0.15, 0.2) is 18.2 Å². The largest absolute Gasteiger partial charge is 0.496 e. The van der Waals surface area contributed by atoms with Crippen LogP contribution in [0.4, 0.5) is 11.4 Å². The van der Waals surface area contributed by atoms with E-state index in [2.05, 4.69) is 5.32 Å². The summed E-state index contributed by atoms with van der Waals surface area (Å²) in [4.78, 5) is 10.6. The number of hydrogen-bond acceptors (Lipinski definition) is 5. The Labute approximate surface area is 105 Å². The molecule has 0 amide bonds. The predicted octanol–water partition coefficient (Wildman–Crippen LogP) is 2.19. The summed E-state index contributed by atoms with van der Waals surface area (Å²) >= 11 is 0. The second-order valence-corrected chi connectivity index (χ2v) is 4.31. The van der Waals surface area contributed by atoms with Gasteiger partial charge in [-0.15, -0.1) is 0 Å². The van der Waals surface area contributed by atoms with Crippen molar-refractivity contribution in [1.82, 2.24) is 0 Å². The van der Waals surface area contributed by atoms with Gasteiger partial charge in [0.05, 0.1) is 24.2 Å². The number of nitro groups is 1. The van der Waals surface area contributed by atoms with E-state index in [9.17, 15) is 10.1 Å². The Morgan fingerprint density at radius 1 is 1.39 bits per heavy atom. The molecule has 98 valence electrons. The van der Waals surface area contributed by atoms with Gasteiger partial charge in [0.15, 0.2) is 0 Å². The topological polar surface area (TPSA) is 73.6 Å². The van der Waals surface area contributed by atoms with Crippen molar-refractivity contribution in [2.75, 3.05) is 19.5 Å². The van der Waals surface area contributed by atoms with Gasteiger partial charge in [0.2, 0.25) is 0 Å². The smallest absolute Gasteiger partial charge is 0.296 e. The first-order valence-electron chi connectivity index (χ1n) is 5.75. The molecule has 1 aliphatic carbocycles. The molecule has 2 rings (SSSR count). The van der Waals surface area contributed by atoms with Gasteiger partial charge in [-0.3, -0.25) is 10.1 Å². The number of ether oxygens (including phenoxy) is 2. The minimum atomic E-state index is -0.405. The molecule has 1 N–H and O–H groups in total. The molecule has 1 saturated carbocycles. The fourth-order valence-electron chi connectivity index (χ4n) is 2.01. The minimum Gasteiger partial charge on any atom is -0.496 e. The predicted molar refractivity (Wildman–Crippen MR) is 67.1 cm³/mol. The molecule has 6 heteroatoms. The summed E-state index contributed by atoms with van der Waals surface area (Å²) in [5.41, 5.74) is 0.565. The van der Waals surface area contributed by atoms with Crippen LogP contribution in [0.25, 0.3) is 0 Å². The molecular formula is C12H16N2O4. The highest BCUT2D eigenvalue weighted by Crippen LogP contribution is 2.33. The summed E-state index contributed by atoms with van der Waals surface area (Å²) in [6.45, 7) is 0. The van der Waals surface area contributed by atoms with Crippen LogP contribution in [0, 0.1) is 10.1 Å². The van der Waals surface area contributed by atoms with E-state index in [1.807, 2.05) is 0 Å². The van der Waals surface area contributed by atoms with Crippen LogP contribution in [-0.4, -0.2) is 31.3 Å². The van der Waals surface area contributed by atoms with Crippen LogP contribution in [-0.2, 0) is 4.74 Å². The fourth-order valence-corrected chi connectivity index (χ4v) is 2.01.